The summed E-state index contributed by atoms with van der Waals surface area (Å²) in [5, 5.41) is 0. The van der Waals surface area contributed by atoms with Crippen LogP contribution in [-0.2, 0) is 23.9 Å². The quantitative estimate of drug-likeness (QED) is 0.0264. The van der Waals surface area contributed by atoms with E-state index in [1.807, 2.05) is 0 Å². The van der Waals surface area contributed by atoms with Gasteiger partial charge in [0.1, 0.15) is 6.10 Å². The van der Waals surface area contributed by atoms with Gasteiger partial charge >= 0.3 is 5.97 Å². The molecule has 1 fully saturated rings. The lowest BCUT2D eigenvalue weighted by molar-refractivity contribution is -0.150. The topological polar surface area (TPSA) is 76.2 Å². The molecule has 0 unspecified atom stereocenters. The molecule has 334 valence electrons. The van der Waals surface area contributed by atoms with Gasteiger partial charge in [-0.3, -0.25) is 19.3 Å². The van der Waals surface area contributed by atoms with Crippen molar-refractivity contribution in [2.45, 2.75) is 258 Å². The SMILES string of the molecule is C=C(CCCCCCCN(CCCCCCCC(=O)OC(CCCCCCCC)CCCCCCCC)CCCN1C(=O)CCC1=O)OCCCCCCCCC. The van der Waals surface area contributed by atoms with Crippen LogP contribution in [0.5, 0.6) is 0 Å². The number of carbonyl (C=O) groups is 3. The molecule has 0 saturated carbocycles. The van der Waals surface area contributed by atoms with Crippen molar-refractivity contribution in [1.82, 2.24) is 9.80 Å². The molecule has 0 aromatic heterocycles. The number of hydrogen-bond acceptors (Lipinski definition) is 6. The number of hydrogen-bond donors (Lipinski definition) is 0. The van der Waals surface area contributed by atoms with Crippen molar-refractivity contribution in [3.05, 3.63) is 12.3 Å². The van der Waals surface area contributed by atoms with E-state index < -0.39 is 0 Å². The van der Waals surface area contributed by atoms with Crippen molar-refractivity contribution < 1.29 is 23.9 Å². The first-order valence-corrected chi connectivity index (χ1v) is 25.0. The molecule has 7 nitrogen and oxygen atoms in total. The zero-order valence-electron chi connectivity index (χ0n) is 38.2. The third-order valence-corrected chi connectivity index (χ3v) is 11.9. The Morgan fingerprint density at radius 2 is 0.947 bits per heavy atom. The van der Waals surface area contributed by atoms with E-state index in [0.29, 0.717) is 25.8 Å². The second kappa shape index (κ2) is 39.6. The molecule has 57 heavy (non-hydrogen) atoms. The minimum absolute atomic E-state index is 0.00699. The van der Waals surface area contributed by atoms with Gasteiger partial charge in [0.25, 0.3) is 0 Å². The summed E-state index contributed by atoms with van der Waals surface area (Å²) in [6.07, 6.45) is 41.1. The first-order valence-electron chi connectivity index (χ1n) is 25.0. The van der Waals surface area contributed by atoms with Gasteiger partial charge in [0.15, 0.2) is 0 Å². The van der Waals surface area contributed by atoms with Crippen LogP contribution in [0.1, 0.15) is 252 Å². The van der Waals surface area contributed by atoms with Crippen LogP contribution in [0.2, 0.25) is 0 Å². The van der Waals surface area contributed by atoms with Crippen LogP contribution in [0.25, 0.3) is 0 Å². The van der Waals surface area contributed by atoms with E-state index in [2.05, 4.69) is 32.3 Å². The van der Waals surface area contributed by atoms with Gasteiger partial charge < -0.3 is 14.4 Å². The number of rotatable bonds is 44. The zero-order chi connectivity index (χ0) is 41.4. The standard InChI is InChI=1S/C50H94N2O5/c1-5-8-11-14-17-26-33-45-56-46(4)35-27-20-18-24-31-41-51(43-34-44-52-48(53)39-40-49(52)54)42-32-25-19-23-30-38-50(55)57-47(36-28-21-15-12-9-6-2)37-29-22-16-13-10-7-3/h47H,4-45H2,1-3H3. The number of unbranched alkanes of at least 4 members (excludes halogenated alkanes) is 24. The van der Waals surface area contributed by atoms with Crippen molar-refractivity contribution in [2.75, 3.05) is 32.8 Å². The van der Waals surface area contributed by atoms with Gasteiger partial charge in [0.2, 0.25) is 11.8 Å². The summed E-state index contributed by atoms with van der Waals surface area (Å²) in [5.74, 6) is 0.948. The molecular formula is C50H94N2O5. The third-order valence-electron chi connectivity index (χ3n) is 11.9. The van der Waals surface area contributed by atoms with Gasteiger partial charge in [-0.2, -0.15) is 0 Å². The second-order valence-electron chi connectivity index (χ2n) is 17.4. The third kappa shape index (κ3) is 32.6. The van der Waals surface area contributed by atoms with Gasteiger partial charge in [-0.25, -0.2) is 0 Å². The number of carbonyl (C=O) groups excluding carboxylic acids is 3. The van der Waals surface area contributed by atoms with Crippen LogP contribution in [-0.4, -0.2) is 66.5 Å². The van der Waals surface area contributed by atoms with Crippen molar-refractivity contribution in [2.24, 2.45) is 0 Å². The Balaban J connectivity index is 2.31. The predicted molar refractivity (Wildman–Crippen MR) is 241 cm³/mol. The van der Waals surface area contributed by atoms with Gasteiger partial charge in [-0.15, -0.1) is 0 Å². The van der Waals surface area contributed by atoms with Crippen molar-refractivity contribution in [3.63, 3.8) is 0 Å². The normalized spacial score (nSPS) is 13.1. The second-order valence-corrected chi connectivity index (χ2v) is 17.4. The van der Waals surface area contributed by atoms with Gasteiger partial charge in [0.05, 0.1) is 12.4 Å². The highest BCUT2D eigenvalue weighted by Gasteiger charge is 2.28. The summed E-state index contributed by atoms with van der Waals surface area (Å²) in [6.45, 7) is 15.4. The number of nitrogens with zero attached hydrogens (tertiary/aromatic N) is 2. The highest BCUT2D eigenvalue weighted by molar-refractivity contribution is 6.01. The van der Waals surface area contributed by atoms with Crippen LogP contribution in [0.15, 0.2) is 12.3 Å². The molecule has 0 bridgehead atoms. The summed E-state index contributed by atoms with van der Waals surface area (Å²) in [4.78, 5) is 41.1. The molecule has 0 radical (unpaired) electrons. The average Bonchev–Trinajstić information content (AvgIpc) is 3.52. The van der Waals surface area contributed by atoms with Gasteiger partial charge in [0, 0.05) is 32.2 Å². The molecule has 0 atom stereocenters. The summed E-state index contributed by atoms with van der Waals surface area (Å²) in [7, 11) is 0. The van der Waals surface area contributed by atoms with E-state index >= 15 is 0 Å². The Labute approximate surface area is 353 Å². The Morgan fingerprint density at radius 1 is 0.544 bits per heavy atom. The maximum atomic E-state index is 12.8. The molecule has 1 saturated heterocycles. The number of amides is 2. The van der Waals surface area contributed by atoms with Crippen LogP contribution < -0.4 is 0 Å². The largest absolute Gasteiger partial charge is 0.499 e. The molecule has 2 amide bonds. The fourth-order valence-corrected chi connectivity index (χ4v) is 8.14. The molecule has 7 heteroatoms. The lowest BCUT2D eigenvalue weighted by Gasteiger charge is -2.23. The van der Waals surface area contributed by atoms with E-state index in [0.717, 1.165) is 103 Å². The predicted octanol–water partition coefficient (Wildman–Crippen LogP) is 14.2. The van der Waals surface area contributed by atoms with Gasteiger partial charge in [-0.05, 0) is 83.8 Å². The van der Waals surface area contributed by atoms with E-state index in [4.69, 9.17) is 9.47 Å². The minimum Gasteiger partial charge on any atom is -0.499 e. The lowest BCUT2D eigenvalue weighted by atomic mass is 10.0. The van der Waals surface area contributed by atoms with Crippen LogP contribution in [0.4, 0.5) is 0 Å². The molecule has 1 rings (SSSR count). The summed E-state index contributed by atoms with van der Waals surface area (Å²) < 4.78 is 12.0. The van der Waals surface area contributed by atoms with E-state index in [1.165, 1.54) is 146 Å². The Bertz CT molecular complexity index is 938. The van der Waals surface area contributed by atoms with Crippen molar-refractivity contribution >= 4 is 17.8 Å². The van der Waals surface area contributed by atoms with Crippen molar-refractivity contribution in [3.8, 4) is 0 Å². The van der Waals surface area contributed by atoms with Crippen LogP contribution >= 0.6 is 0 Å². The highest BCUT2D eigenvalue weighted by Crippen LogP contribution is 2.19. The Kier molecular flexibility index (Phi) is 36.9. The molecule has 1 heterocycles. The summed E-state index contributed by atoms with van der Waals surface area (Å²) in [5.41, 5.74) is 0. The highest BCUT2D eigenvalue weighted by atomic mass is 16.5. The Morgan fingerprint density at radius 3 is 1.46 bits per heavy atom. The van der Waals surface area contributed by atoms with Crippen molar-refractivity contribution in [1.29, 1.82) is 0 Å². The smallest absolute Gasteiger partial charge is 0.306 e. The number of esters is 1. The molecule has 0 spiro atoms. The maximum Gasteiger partial charge on any atom is 0.306 e. The molecule has 0 aromatic carbocycles. The molecule has 0 N–H and O–H groups in total. The fourth-order valence-electron chi connectivity index (χ4n) is 8.14. The summed E-state index contributed by atoms with van der Waals surface area (Å²) in [6, 6.07) is 0. The first kappa shape index (κ1) is 53.1. The van der Waals surface area contributed by atoms with E-state index in [9.17, 15) is 14.4 Å². The minimum atomic E-state index is -0.00699. The first-order chi connectivity index (χ1) is 27.9. The number of imide groups is 1. The molecule has 1 aliphatic rings. The van der Waals surface area contributed by atoms with Crippen LogP contribution in [0, 0.1) is 0 Å². The van der Waals surface area contributed by atoms with E-state index in [1.54, 1.807) is 0 Å². The zero-order valence-corrected chi connectivity index (χ0v) is 38.2. The molecule has 1 aliphatic heterocycles. The fraction of sp³-hybridized carbons (Fsp3) is 0.900. The Hall–Kier alpha value is -1.89. The molecule has 0 aliphatic carbocycles. The monoisotopic (exact) mass is 803 g/mol. The number of likely N-dealkylation sites (tertiary alicyclic amines) is 1. The van der Waals surface area contributed by atoms with Crippen LogP contribution in [0.3, 0.4) is 0 Å². The van der Waals surface area contributed by atoms with E-state index in [-0.39, 0.29) is 23.9 Å². The summed E-state index contributed by atoms with van der Waals surface area (Å²) >= 11 is 0. The lowest BCUT2D eigenvalue weighted by Crippen LogP contribution is -2.34. The maximum absolute atomic E-state index is 12.8. The molecular weight excluding hydrogens is 709 g/mol. The van der Waals surface area contributed by atoms with Gasteiger partial charge in [-0.1, -0.05) is 169 Å². The molecule has 0 aromatic rings. The number of allylic oxidation sites excluding steroid dienone is 1. The average molecular weight is 803 g/mol. The number of ether oxygens (including phenoxy) is 2.